The van der Waals surface area contributed by atoms with Crippen LogP contribution in [0.2, 0.25) is 0 Å². The lowest BCUT2D eigenvalue weighted by atomic mass is 9.69. The fraction of sp³-hybridized carbons (Fsp3) is 1.00. The number of hydrogen-bond donors (Lipinski definition) is 0. The van der Waals surface area contributed by atoms with Crippen LogP contribution in [0.25, 0.3) is 0 Å². The van der Waals surface area contributed by atoms with Gasteiger partial charge in [0.2, 0.25) is 10.0 Å². The summed E-state index contributed by atoms with van der Waals surface area (Å²) in [4.78, 5) is 0. The van der Waals surface area contributed by atoms with Gasteiger partial charge in [0, 0.05) is 25.6 Å². The summed E-state index contributed by atoms with van der Waals surface area (Å²) >= 11 is 0. The second kappa shape index (κ2) is 3.50. The molecule has 1 heterocycles. The van der Waals surface area contributed by atoms with Crippen molar-refractivity contribution in [3.8, 4) is 0 Å². The fourth-order valence-corrected chi connectivity index (χ4v) is 7.13. The Labute approximate surface area is 113 Å². The van der Waals surface area contributed by atoms with E-state index in [4.69, 9.17) is 9.47 Å². The van der Waals surface area contributed by atoms with Crippen molar-refractivity contribution in [1.82, 2.24) is 4.53 Å². The molecule has 1 spiro atoms. The van der Waals surface area contributed by atoms with Gasteiger partial charge in [-0.1, -0.05) is 13.8 Å². The first kappa shape index (κ1) is 13.7. The summed E-state index contributed by atoms with van der Waals surface area (Å²) in [5.41, 5.74) is -0.963. The molecule has 0 aromatic carbocycles. The number of hydrogen-bond acceptors (Lipinski definition) is 4. The Kier molecular flexibility index (Phi) is 2.53. The molecule has 1 saturated heterocycles. The van der Waals surface area contributed by atoms with E-state index in [0.717, 1.165) is 6.42 Å². The third-order valence-corrected chi connectivity index (χ3v) is 7.59. The highest BCUT2D eigenvalue weighted by Crippen LogP contribution is 2.74. The zero-order valence-electron chi connectivity index (χ0n) is 11.6. The van der Waals surface area contributed by atoms with Crippen molar-refractivity contribution in [2.45, 2.75) is 38.5 Å². The van der Waals surface area contributed by atoms with Crippen molar-refractivity contribution in [2.75, 3.05) is 20.0 Å². The maximum atomic E-state index is 14.4. The van der Waals surface area contributed by atoms with Gasteiger partial charge in [-0.15, -0.1) is 4.48 Å². The van der Waals surface area contributed by atoms with Crippen LogP contribution in [0.4, 0.5) is 4.48 Å². The fourth-order valence-electron chi connectivity index (χ4n) is 5.01. The zero-order chi connectivity index (χ0) is 14.3. The Morgan fingerprint density at radius 1 is 1.26 bits per heavy atom. The SMILES string of the molecule is COC1(OC)[C@H]2N(F)S(=O)(=O)C[C@]23CC[C@@H]1C3(C)C. The molecule has 2 aliphatic carbocycles. The van der Waals surface area contributed by atoms with Crippen molar-refractivity contribution in [2.24, 2.45) is 16.7 Å². The number of nitrogens with zero attached hydrogens (tertiary/aromatic N) is 1. The first-order valence-electron chi connectivity index (χ1n) is 6.48. The normalized spacial score (nSPS) is 45.5. The topological polar surface area (TPSA) is 55.8 Å². The first-order chi connectivity index (χ1) is 8.69. The van der Waals surface area contributed by atoms with Crippen LogP contribution < -0.4 is 0 Å². The summed E-state index contributed by atoms with van der Waals surface area (Å²) in [5.74, 6) is -1.34. The molecule has 3 rings (SSSR count). The minimum Gasteiger partial charge on any atom is -0.351 e. The second-order valence-electron chi connectivity index (χ2n) is 6.50. The molecule has 0 amide bonds. The highest BCUT2D eigenvalue weighted by molar-refractivity contribution is 7.89. The third kappa shape index (κ3) is 1.19. The Bertz CT molecular complexity index is 516. The number of rotatable bonds is 2. The molecule has 0 unspecified atom stereocenters. The van der Waals surface area contributed by atoms with E-state index in [0.29, 0.717) is 6.42 Å². The number of fused-ring (bicyclic) bond motifs is 1. The van der Waals surface area contributed by atoms with Crippen molar-refractivity contribution in [3.05, 3.63) is 0 Å². The summed E-state index contributed by atoms with van der Waals surface area (Å²) in [6.45, 7) is 4.01. The van der Waals surface area contributed by atoms with Gasteiger partial charge in [0.15, 0.2) is 5.79 Å². The Morgan fingerprint density at radius 2 is 1.84 bits per heavy atom. The average Bonchev–Trinajstić information content (AvgIpc) is 2.77. The summed E-state index contributed by atoms with van der Waals surface area (Å²) in [6, 6.07) is -0.881. The van der Waals surface area contributed by atoms with E-state index in [1.165, 1.54) is 14.2 Å². The molecule has 0 aromatic heterocycles. The molecule has 0 aromatic rings. The maximum Gasteiger partial charge on any atom is 0.241 e. The van der Waals surface area contributed by atoms with Crippen LogP contribution >= 0.6 is 0 Å². The van der Waals surface area contributed by atoms with Crippen molar-refractivity contribution < 1.29 is 22.4 Å². The highest BCUT2D eigenvalue weighted by atomic mass is 32.2. The monoisotopic (exact) mass is 293 g/mol. The standard InChI is InChI=1S/C12H20FNO4S/c1-10(2)8-5-6-11(10)7-19(15,16)14(13)9(11)12(8,17-3)18-4/h8-9H,5-7H2,1-4H3/t8-,9+,11-/m1/s1. The highest BCUT2D eigenvalue weighted by Gasteiger charge is 2.82. The van der Waals surface area contributed by atoms with Gasteiger partial charge in [0.25, 0.3) is 0 Å². The van der Waals surface area contributed by atoms with E-state index in [1.807, 2.05) is 13.8 Å². The van der Waals surface area contributed by atoms with Gasteiger partial charge in [-0.2, -0.15) is 0 Å². The third-order valence-electron chi connectivity index (χ3n) is 5.97. The minimum absolute atomic E-state index is 0.000903. The molecule has 19 heavy (non-hydrogen) atoms. The molecule has 110 valence electrons. The van der Waals surface area contributed by atoms with Crippen LogP contribution in [0.5, 0.6) is 0 Å². The Hall–Kier alpha value is -0.240. The van der Waals surface area contributed by atoms with E-state index >= 15 is 0 Å². The van der Waals surface area contributed by atoms with E-state index < -0.39 is 27.3 Å². The molecule has 2 saturated carbocycles. The number of ether oxygens (including phenoxy) is 2. The lowest BCUT2D eigenvalue weighted by molar-refractivity contribution is -0.276. The summed E-state index contributed by atoms with van der Waals surface area (Å²) < 4.78 is 49.5. The molecule has 3 aliphatic rings. The maximum absolute atomic E-state index is 14.4. The van der Waals surface area contributed by atoms with Crippen molar-refractivity contribution >= 4 is 10.0 Å². The van der Waals surface area contributed by atoms with Crippen LogP contribution in [0, 0.1) is 16.7 Å². The van der Waals surface area contributed by atoms with E-state index in [2.05, 4.69) is 0 Å². The summed E-state index contributed by atoms with van der Waals surface area (Å²) in [5, 5.41) is 0. The molecular weight excluding hydrogens is 273 g/mol. The summed E-state index contributed by atoms with van der Waals surface area (Å²) in [7, 11) is -0.954. The largest absolute Gasteiger partial charge is 0.351 e. The zero-order valence-corrected chi connectivity index (χ0v) is 12.5. The van der Waals surface area contributed by atoms with E-state index in [9.17, 15) is 12.9 Å². The van der Waals surface area contributed by atoms with Crippen molar-refractivity contribution in [3.63, 3.8) is 0 Å². The molecule has 1 aliphatic heterocycles. The molecule has 7 heteroatoms. The molecule has 2 bridgehead atoms. The Balaban J connectivity index is 2.25. The smallest absolute Gasteiger partial charge is 0.241 e. The van der Waals surface area contributed by atoms with Gasteiger partial charge in [0.1, 0.15) is 6.04 Å². The summed E-state index contributed by atoms with van der Waals surface area (Å²) in [6.07, 6.45) is 1.50. The predicted molar refractivity (Wildman–Crippen MR) is 66.2 cm³/mol. The molecule has 0 N–H and O–H groups in total. The van der Waals surface area contributed by atoms with Crippen LogP contribution in [-0.2, 0) is 19.5 Å². The van der Waals surface area contributed by atoms with Crippen molar-refractivity contribution in [1.29, 1.82) is 0 Å². The van der Waals surface area contributed by atoms with E-state index in [-0.39, 0.29) is 21.6 Å². The molecule has 3 atom stereocenters. The van der Waals surface area contributed by atoms with Gasteiger partial charge >= 0.3 is 0 Å². The number of methoxy groups -OCH3 is 2. The van der Waals surface area contributed by atoms with Crippen LogP contribution in [0.1, 0.15) is 26.7 Å². The second-order valence-corrected chi connectivity index (χ2v) is 8.30. The molecular formula is C12H20FNO4S. The molecule has 5 nitrogen and oxygen atoms in total. The van der Waals surface area contributed by atoms with E-state index in [1.54, 1.807) is 0 Å². The lowest BCUT2D eigenvalue weighted by Crippen LogP contribution is -2.56. The number of halogens is 1. The molecule has 3 fully saturated rings. The van der Waals surface area contributed by atoms with Gasteiger partial charge < -0.3 is 9.47 Å². The van der Waals surface area contributed by atoms with Crippen LogP contribution in [0.15, 0.2) is 0 Å². The van der Waals surface area contributed by atoms with Gasteiger partial charge in [-0.05, 0) is 22.8 Å². The van der Waals surface area contributed by atoms with Gasteiger partial charge in [-0.25, -0.2) is 8.42 Å². The Morgan fingerprint density at radius 3 is 2.37 bits per heavy atom. The van der Waals surface area contributed by atoms with Gasteiger partial charge in [-0.3, -0.25) is 0 Å². The van der Waals surface area contributed by atoms with Crippen LogP contribution in [-0.4, -0.2) is 44.7 Å². The predicted octanol–water partition coefficient (Wildman–Crippen LogP) is 1.31. The first-order valence-corrected chi connectivity index (χ1v) is 8.09. The molecule has 0 radical (unpaired) electrons. The lowest BCUT2D eigenvalue weighted by Gasteiger charge is -2.42. The van der Waals surface area contributed by atoms with Crippen LogP contribution in [0.3, 0.4) is 0 Å². The minimum atomic E-state index is -3.88. The number of sulfonamides is 1. The van der Waals surface area contributed by atoms with Gasteiger partial charge in [0.05, 0.1) is 5.75 Å². The quantitative estimate of drug-likeness (QED) is 0.569. The average molecular weight is 293 g/mol.